The van der Waals surface area contributed by atoms with Crippen LogP contribution < -0.4 is 11.1 Å². The first kappa shape index (κ1) is 15.6. The van der Waals surface area contributed by atoms with E-state index in [0.717, 1.165) is 5.56 Å². The van der Waals surface area contributed by atoms with E-state index in [2.05, 4.69) is 5.32 Å². The lowest BCUT2D eigenvalue weighted by Crippen LogP contribution is -2.31. The van der Waals surface area contributed by atoms with Crippen molar-refractivity contribution in [3.63, 3.8) is 0 Å². The van der Waals surface area contributed by atoms with Gasteiger partial charge in [0.15, 0.2) is 0 Å². The third-order valence-electron chi connectivity index (χ3n) is 2.54. The van der Waals surface area contributed by atoms with Crippen LogP contribution in [-0.4, -0.2) is 23.7 Å². The molecule has 108 valence electrons. The molecule has 20 heavy (non-hydrogen) atoms. The van der Waals surface area contributed by atoms with Gasteiger partial charge in [0.05, 0.1) is 12.3 Å². The second-order valence-corrected chi connectivity index (χ2v) is 4.02. The highest BCUT2D eigenvalue weighted by Crippen LogP contribution is 2.13. The molecule has 0 unspecified atom stereocenters. The Morgan fingerprint density at radius 2 is 1.95 bits per heavy atom. The SMILES string of the molecule is CCOC(C(=O)O)=C(CCc1ccccc1)NC(N)=O. The maximum absolute atomic E-state index is 11.1. The van der Waals surface area contributed by atoms with E-state index >= 15 is 0 Å². The molecule has 0 radical (unpaired) electrons. The molecule has 0 spiro atoms. The van der Waals surface area contributed by atoms with Crippen molar-refractivity contribution in [3.05, 3.63) is 47.4 Å². The Kier molecular flexibility index (Phi) is 6.09. The summed E-state index contributed by atoms with van der Waals surface area (Å²) < 4.78 is 5.06. The molecule has 2 amide bonds. The molecule has 1 rings (SSSR count). The van der Waals surface area contributed by atoms with Gasteiger partial charge in [-0.3, -0.25) is 0 Å². The maximum Gasteiger partial charge on any atom is 0.373 e. The lowest BCUT2D eigenvalue weighted by atomic mass is 10.1. The van der Waals surface area contributed by atoms with E-state index in [0.29, 0.717) is 12.8 Å². The van der Waals surface area contributed by atoms with Gasteiger partial charge in [-0.05, 0) is 25.3 Å². The molecule has 0 aliphatic heterocycles. The normalized spacial score (nSPS) is 11.4. The second-order valence-electron chi connectivity index (χ2n) is 4.02. The molecule has 0 fully saturated rings. The first-order valence-electron chi connectivity index (χ1n) is 6.24. The summed E-state index contributed by atoms with van der Waals surface area (Å²) in [4.78, 5) is 22.1. The number of carbonyl (C=O) groups is 2. The molecule has 0 saturated carbocycles. The Hall–Kier alpha value is -2.50. The number of aryl methyl sites for hydroxylation is 1. The summed E-state index contributed by atoms with van der Waals surface area (Å²) >= 11 is 0. The van der Waals surface area contributed by atoms with Crippen LogP contribution in [0.5, 0.6) is 0 Å². The number of aliphatic carboxylic acids is 1. The summed E-state index contributed by atoms with van der Waals surface area (Å²) in [7, 11) is 0. The summed E-state index contributed by atoms with van der Waals surface area (Å²) in [5.41, 5.74) is 6.27. The molecular formula is C14H18N2O4. The van der Waals surface area contributed by atoms with Crippen molar-refractivity contribution in [2.75, 3.05) is 6.61 Å². The van der Waals surface area contributed by atoms with E-state index in [1.54, 1.807) is 6.92 Å². The number of nitrogens with one attached hydrogen (secondary N) is 1. The highest BCUT2D eigenvalue weighted by molar-refractivity contribution is 5.86. The maximum atomic E-state index is 11.1. The van der Waals surface area contributed by atoms with E-state index in [4.69, 9.17) is 15.6 Å². The molecule has 4 N–H and O–H groups in total. The molecule has 0 heterocycles. The van der Waals surface area contributed by atoms with Gasteiger partial charge in [0.2, 0.25) is 5.76 Å². The zero-order valence-electron chi connectivity index (χ0n) is 11.3. The van der Waals surface area contributed by atoms with Crippen molar-refractivity contribution in [2.45, 2.75) is 19.8 Å². The molecular weight excluding hydrogens is 260 g/mol. The van der Waals surface area contributed by atoms with Crippen LogP contribution >= 0.6 is 0 Å². The van der Waals surface area contributed by atoms with Crippen molar-refractivity contribution in [1.29, 1.82) is 0 Å². The van der Waals surface area contributed by atoms with Crippen molar-refractivity contribution in [2.24, 2.45) is 5.73 Å². The van der Waals surface area contributed by atoms with Gasteiger partial charge in [0.1, 0.15) is 0 Å². The molecule has 0 bridgehead atoms. The van der Waals surface area contributed by atoms with Gasteiger partial charge in [-0.15, -0.1) is 0 Å². The van der Waals surface area contributed by atoms with Crippen LogP contribution in [0, 0.1) is 0 Å². The molecule has 0 aromatic heterocycles. The number of carbonyl (C=O) groups excluding carboxylic acids is 1. The molecule has 6 nitrogen and oxygen atoms in total. The number of ether oxygens (including phenoxy) is 1. The van der Waals surface area contributed by atoms with Crippen LogP contribution in [0.15, 0.2) is 41.8 Å². The summed E-state index contributed by atoms with van der Waals surface area (Å²) in [6.45, 7) is 1.86. The molecule has 1 aromatic rings. The summed E-state index contributed by atoms with van der Waals surface area (Å²) in [5.74, 6) is -1.51. The van der Waals surface area contributed by atoms with Gasteiger partial charge in [-0.2, -0.15) is 0 Å². The van der Waals surface area contributed by atoms with Gasteiger partial charge in [-0.1, -0.05) is 30.3 Å². The fourth-order valence-corrected chi connectivity index (χ4v) is 1.72. The molecule has 0 saturated heterocycles. The molecule has 6 heteroatoms. The Balaban J connectivity index is 2.90. The summed E-state index contributed by atoms with van der Waals surface area (Å²) in [6.07, 6.45) is 0.884. The molecule has 1 aromatic carbocycles. The number of carboxylic acids is 1. The second kappa shape index (κ2) is 7.83. The number of primary amides is 1. The lowest BCUT2D eigenvalue weighted by Gasteiger charge is -2.13. The predicted octanol–water partition coefficient (Wildman–Crippen LogP) is 1.62. The van der Waals surface area contributed by atoms with E-state index in [9.17, 15) is 9.59 Å². The number of amides is 2. The van der Waals surface area contributed by atoms with Crippen molar-refractivity contribution in [1.82, 2.24) is 5.32 Å². The smallest absolute Gasteiger partial charge is 0.373 e. The number of urea groups is 1. The van der Waals surface area contributed by atoms with Crippen molar-refractivity contribution >= 4 is 12.0 Å². The fraction of sp³-hybridized carbons (Fsp3) is 0.286. The van der Waals surface area contributed by atoms with Crippen molar-refractivity contribution < 1.29 is 19.4 Å². The van der Waals surface area contributed by atoms with Crippen LogP contribution in [0.25, 0.3) is 0 Å². The van der Waals surface area contributed by atoms with E-state index in [-0.39, 0.29) is 18.1 Å². The lowest BCUT2D eigenvalue weighted by molar-refractivity contribution is -0.136. The summed E-state index contributed by atoms with van der Waals surface area (Å²) in [6, 6.07) is 8.70. The number of hydrogen-bond acceptors (Lipinski definition) is 3. The monoisotopic (exact) mass is 278 g/mol. The number of benzene rings is 1. The van der Waals surface area contributed by atoms with Gasteiger partial charge < -0.3 is 20.9 Å². The molecule has 0 aliphatic carbocycles. The summed E-state index contributed by atoms with van der Waals surface area (Å²) in [5, 5.41) is 11.4. The Morgan fingerprint density at radius 1 is 1.30 bits per heavy atom. The van der Waals surface area contributed by atoms with E-state index in [1.165, 1.54) is 0 Å². The van der Waals surface area contributed by atoms with Gasteiger partial charge in [0.25, 0.3) is 0 Å². The minimum atomic E-state index is -1.23. The number of rotatable bonds is 7. The molecule has 0 atom stereocenters. The minimum absolute atomic E-state index is 0.177. The van der Waals surface area contributed by atoms with Crippen LogP contribution in [-0.2, 0) is 16.0 Å². The van der Waals surface area contributed by atoms with Gasteiger partial charge in [0, 0.05) is 0 Å². The first-order chi connectivity index (χ1) is 9.54. The number of hydrogen-bond donors (Lipinski definition) is 3. The topological polar surface area (TPSA) is 102 Å². The predicted molar refractivity (Wildman–Crippen MR) is 73.8 cm³/mol. The quantitative estimate of drug-likeness (QED) is 0.521. The number of allylic oxidation sites excluding steroid dienone is 1. The van der Waals surface area contributed by atoms with Crippen LogP contribution in [0.2, 0.25) is 0 Å². The van der Waals surface area contributed by atoms with Crippen LogP contribution in [0.1, 0.15) is 18.9 Å². The average Bonchev–Trinajstić information content (AvgIpc) is 2.41. The van der Waals surface area contributed by atoms with E-state index < -0.39 is 12.0 Å². The van der Waals surface area contributed by atoms with Crippen LogP contribution in [0.3, 0.4) is 0 Å². The third-order valence-corrected chi connectivity index (χ3v) is 2.54. The Bertz CT molecular complexity index is 497. The number of carboxylic acid groups (broad SMARTS) is 1. The first-order valence-corrected chi connectivity index (χ1v) is 6.24. The highest BCUT2D eigenvalue weighted by Gasteiger charge is 2.17. The van der Waals surface area contributed by atoms with Crippen LogP contribution in [0.4, 0.5) is 4.79 Å². The van der Waals surface area contributed by atoms with Crippen molar-refractivity contribution in [3.8, 4) is 0 Å². The fourth-order valence-electron chi connectivity index (χ4n) is 1.72. The Labute approximate surface area is 117 Å². The highest BCUT2D eigenvalue weighted by atomic mass is 16.5. The standard InChI is InChI=1S/C14H18N2O4/c1-2-20-12(13(17)18)11(16-14(15)19)9-8-10-6-4-3-5-7-10/h3-7H,2,8-9H2,1H3,(H,17,18)(H3,15,16,19). The third kappa shape index (κ3) is 5.01. The molecule has 0 aliphatic rings. The van der Waals surface area contributed by atoms with Gasteiger partial charge >= 0.3 is 12.0 Å². The number of nitrogens with two attached hydrogens (primary N) is 1. The van der Waals surface area contributed by atoms with Gasteiger partial charge in [-0.25, -0.2) is 9.59 Å². The van der Waals surface area contributed by atoms with E-state index in [1.807, 2.05) is 30.3 Å². The Morgan fingerprint density at radius 3 is 2.45 bits per heavy atom. The minimum Gasteiger partial charge on any atom is -0.486 e. The zero-order chi connectivity index (χ0) is 15.0. The zero-order valence-corrected chi connectivity index (χ0v) is 11.3. The largest absolute Gasteiger partial charge is 0.486 e. The average molecular weight is 278 g/mol.